The van der Waals surface area contributed by atoms with Crippen molar-refractivity contribution in [2.45, 2.75) is 25.8 Å². The van der Waals surface area contributed by atoms with Gasteiger partial charge in [0.15, 0.2) is 0 Å². The summed E-state index contributed by atoms with van der Waals surface area (Å²) in [4.78, 5) is 24.3. The average molecular weight is 391 g/mol. The Morgan fingerprint density at radius 1 is 1.21 bits per heavy atom. The number of nitrogens with zero attached hydrogens (tertiary/aromatic N) is 1. The van der Waals surface area contributed by atoms with Gasteiger partial charge < -0.3 is 10.6 Å². The van der Waals surface area contributed by atoms with E-state index in [0.29, 0.717) is 17.1 Å². The van der Waals surface area contributed by atoms with E-state index in [9.17, 15) is 14.9 Å². The van der Waals surface area contributed by atoms with Crippen molar-refractivity contribution in [3.8, 4) is 6.07 Å². The summed E-state index contributed by atoms with van der Waals surface area (Å²) < 4.78 is 0. The van der Waals surface area contributed by atoms with Crippen LogP contribution in [0.2, 0.25) is 0 Å². The summed E-state index contributed by atoms with van der Waals surface area (Å²) in [5, 5.41) is 15.8. The molecule has 0 unspecified atom stereocenters. The van der Waals surface area contributed by atoms with Gasteiger partial charge in [0.05, 0.1) is 22.4 Å². The maximum atomic E-state index is 12.2. The van der Waals surface area contributed by atoms with Crippen LogP contribution in [0.3, 0.4) is 0 Å². The normalized spacial score (nSPS) is 16.3. The first kappa shape index (κ1) is 19.7. The zero-order valence-electron chi connectivity index (χ0n) is 15.6. The molecular weight excluding hydrogens is 370 g/mol. The number of benzene rings is 2. The van der Waals surface area contributed by atoms with Gasteiger partial charge in [0, 0.05) is 18.9 Å². The lowest BCUT2D eigenvalue weighted by atomic mass is 9.87. The van der Waals surface area contributed by atoms with E-state index in [1.165, 1.54) is 11.8 Å². The van der Waals surface area contributed by atoms with Crippen LogP contribution in [0.4, 0.5) is 0 Å². The van der Waals surface area contributed by atoms with E-state index in [-0.39, 0.29) is 29.9 Å². The number of aryl methyl sites for hydroxylation is 1. The zero-order chi connectivity index (χ0) is 19.9. The van der Waals surface area contributed by atoms with Crippen LogP contribution in [-0.2, 0) is 16.1 Å². The van der Waals surface area contributed by atoms with Crippen molar-refractivity contribution in [1.82, 2.24) is 10.6 Å². The molecule has 0 fully saturated rings. The van der Waals surface area contributed by atoms with E-state index in [4.69, 9.17) is 0 Å². The van der Waals surface area contributed by atoms with Crippen LogP contribution in [0.15, 0.2) is 65.2 Å². The number of amides is 2. The average Bonchev–Trinajstić information content (AvgIpc) is 2.71. The van der Waals surface area contributed by atoms with E-state index in [1.54, 1.807) is 0 Å². The van der Waals surface area contributed by atoms with Crippen LogP contribution >= 0.6 is 11.8 Å². The maximum Gasteiger partial charge on any atom is 0.230 e. The quantitative estimate of drug-likeness (QED) is 0.791. The monoisotopic (exact) mass is 391 g/mol. The first-order chi connectivity index (χ1) is 13.6. The van der Waals surface area contributed by atoms with Gasteiger partial charge in [-0.25, -0.2) is 0 Å². The molecule has 1 aliphatic rings. The second kappa shape index (κ2) is 9.25. The molecule has 2 N–H and O–H groups in total. The van der Waals surface area contributed by atoms with Crippen molar-refractivity contribution in [1.29, 1.82) is 5.26 Å². The fraction of sp³-hybridized carbons (Fsp3) is 0.227. The molecule has 1 heterocycles. The van der Waals surface area contributed by atoms with Crippen LogP contribution in [0.25, 0.3) is 0 Å². The van der Waals surface area contributed by atoms with Crippen molar-refractivity contribution in [2.24, 2.45) is 0 Å². The number of thioether (sulfide) groups is 1. The second-order valence-electron chi connectivity index (χ2n) is 6.62. The predicted octanol–water partition coefficient (Wildman–Crippen LogP) is 3.38. The summed E-state index contributed by atoms with van der Waals surface area (Å²) in [6.45, 7) is 2.44. The van der Waals surface area contributed by atoms with E-state index in [1.807, 2.05) is 61.5 Å². The molecule has 0 bridgehead atoms. The molecule has 2 amide bonds. The Bertz CT molecular complexity index is 931. The third-order valence-electron chi connectivity index (χ3n) is 4.52. The van der Waals surface area contributed by atoms with Crippen LogP contribution in [0, 0.1) is 18.3 Å². The number of carbonyl (C=O) groups is 2. The minimum atomic E-state index is -0.283. The highest BCUT2D eigenvalue weighted by molar-refractivity contribution is 8.03. The molecule has 1 aliphatic heterocycles. The number of carbonyl (C=O) groups excluding carboxylic acids is 2. The summed E-state index contributed by atoms with van der Waals surface area (Å²) >= 11 is 1.19. The van der Waals surface area contributed by atoms with Gasteiger partial charge in [0.25, 0.3) is 0 Å². The third-order valence-corrected chi connectivity index (χ3v) is 5.53. The van der Waals surface area contributed by atoms with Gasteiger partial charge in [-0.1, -0.05) is 71.9 Å². The van der Waals surface area contributed by atoms with Gasteiger partial charge in [-0.2, -0.15) is 5.26 Å². The minimum absolute atomic E-state index is 0.133. The molecule has 2 aromatic rings. The zero-order valence-corrected chi connectivity index (χ0v) is 16.4. The smallest absolute Gasteiger partial charge is 0.230 e. The van der Waals surface area contributed by atoms with Gasteiger partial charge in [0.1, 0.15) is 0 Å². The van der Waals surface area contributed by atoms with E-state index < -0.39 is 0 Å². The Balaban J connectivity index is 1.68. The molecule has 6 heteroatoms. The fourth-order valence-corrected chi connectivity index (χ4v) is 3.91. The largest absolute Gasteiger partial charge is 0.351 e. The molecule has 3 rings (SSSR count). The Hall–Kier alpha value is -3.04. The Kier molecular flexibility index (Phi) is 6.51. The predicted molar refractivity (Wildman–Crippen MR) is 110 cm³/mol. The summed E-state index contributed by atoms with van der Waals surface area (Å²) in [6.07, 6.45) is 0.232. The standard InChI is InChI=1S/C22H21N3O2S/c1-15-7-9-17(10-8-15)18-11-20(26)25-22(19(18)12-23)28-14-21(27)24-13-16-5-3-2-4-6-16/h2-10,18H,11,13-14H2,1H3,(H,24,27)(H,25,26)/t18-/m0/s1. The van der Waals surface area contributed by atoms with Gasteiger partial charge in [-0.3, -0.25) is 9.59 Å². The highest BCUT2D eigenvalue weighted by atomic mass is 32.2. The van der Waals surface area contributed by atoms with Crippen molar-refractivity contribution in [2.75, 3.05) is 5.75 Å². The lowest BCUT2D eigenvalue weighted by Crippen LogP contribution is -2.32. The van der Waals surface area contributed by atoms with E-state index in [2.05, 4.69) is 16.7 Å². The molecule has 0 aliphatic carbocycles. The van der Waals surface area contributed by atoms with Crippen molar-refractivity contribution in [3.63, 3.8) is 0 Å². The van der Waals surface area contributed by atoms with E-state index in [0.717, 1.165) is 16.7 Å². The summed E-state index contributed by atoms with van der Waals surface area (Å²) in [5.41, 5.74) is 3.58. The highest BCUT2D eigenvalue weighted by Crippen LogP contribution is 2.35. The third kappa shape index (κ3) is 5.02. The van der Waals surface area contributed by atoms with Gasteiger partial charge in [-0.05, 0) is 18.1 Å². The number of rotatable bonds is 6. The van der Waals surface area contributed by atoms with Crippen LogP contribution in [-0.4, -0.2) is 17.6 Å². The van der Waals surface area contributed by atoms with Crippen molar-refractivity contribution < 1.29 is 9.59 Å². The number of hydrogen-bond donors (Lipinski definition) is 2. The summed E-state index contributed by atoms with van der Waals surface area (Å²) in [5.74, 6) is -0.440. The Morgan fingerprint density at radius 2 is 1.93 bits per heavy atom. The summed E-state index contributed by atoms with van der Waals surface area (Å²) in [7, 11) is 0. The van der Waals surface area contributed by atoms with Crippen molar-refractivity contribution in [3.05, 3.63) is 81.9 Å². The molecule has 0 saturated heterocycles. The lowest BCUT2D eigenvalue weighted by molar-refractivity contribution is -0.121. The first-order valence-corrected chi connectivity index (χ1v) is 9.99. The molecular formula is C22H21N3O2S. The fourth-order valence-electron chi connectivity index (χ4n) is 3.00. The second-order valence-corrected chi connectivity index (χ2v) is 7.61. The Labute approximate surface area is 168 Å². The number of nitrogens with one attached hydrogen (secondary N) is 2. The molecule has 142 valence electrons. The van der Waals surface area contributed by atoms with Crippen molar-refractivity contribution >= 4 is 23.6 Å². The molecule has 2 aromatic carbocycles. The molecule has 0 spiro atoms. The number of hydrogen-bond acceptors (Lipinski definition) is 4. The van der Waals surface area contributed by atoms with Gasteiger partial charge in [0.2, 0.25) is 11.8 Å². The molecule has 5 nitrogen and oxygen atoms in total. The number of nitriles is 1. The molecule has 0 saturated carbocycles. The van der Waals surface area contributed by atoms with E-state index >= 15 is 0 Å². The first-order valence-electron chi connectivity index (χ1n) is 9.01. The Morgan fingerprint density at radius 3 is 2.61 bits per heavy atom. The van der Waals surface area contributed by atoms with Crippen LogP contribution < -0.4 is 10.6 Å². The SMILES string of the molecule is Cc1ccc([C@@H]2CC(=O)NC(SCC(=O)NCc3ccccc3)=C2C#N)cc1. The van der Waals surface area contributed by atoms with Gasteiger partial charge in [-0.15, -0.1) is 0 Å². The van der Waals surface area contributed by atoms with Crippen LogP contribution in [0.5, 0.6) is 0 Å². The summed E-state index contributed by atoms with van der Waals surface area (Å²) in [6, 6.07) is 19.7. The van der Waals surface area contributed by atoms with Gasteiger partial charge >= 0.3 is 0 Å². The maximum absolute atomic E-state index is 12.2. The molecule has 28 heavy (non-hydrogen) atoms. The topological polar surface area (TPSA) is 82.0 Å². The molecule has 1 atom stereocenters. The number of allylic oxidation sites excluding steroid dienone is 1. The highest BCUT2D eigenvalue weighted by Gasteiger charge is 2.29. The minimum Gasteiger partial charge on any atom is -0.351 e. The van der Waals surface area contributed by atoms with Crippen LogP contribution in [0.1, 0.15) is 29.0 Å². The lowest BCUT2D eigenvalue weighted by Gasteiger charge is -2.25. The molecule has 0 aromatic heterocycles. The molecule has 0 radical (unpaired) electrons.